The van der Waals surface area contributed by atoms with Crippen LogP contribution in [-0.4, -0.2) is 17.9 Å². The number of halogens is 1. The molecule has 5 heteroatoms. The van der Waals surface area contributed by atoms with Gasteiger partial charge in [-0.1, -0.05) is 12.1 Å². The predicted molar refractivity (Wildman–Crippen MR) is 64.1 cm³/mol. The van der Waals surface area contributed by atoms with Crippen molar-refractivity contribution >= 4 is 11.8 Å². The monoisotopic (exact) mass is 250 g/mol. The van der Waals surface area contributed by atoms with E-state index < -0.39 is 6.04 Å². The lowest BCUT2D eigenvalue weighted by atomic mass is 10.1. The van der Waals surface area contributed by atoms with E-state index in [-0.39, 0.29) is 23.7 Å². The van der Waals surface area contributed by atoms with Crippen LogP contribution in [0.2, 0.25) is 0 Å². The molecule has 1 aliphatic rings. The molecule has 96 valence electrons. The highest BCUT2D eigenvalue weighted by atomic mass is 19.1. The van der Waals surface area contributed by atoms with E-state index in [4.69, 9.17) is 0 Å². The van der Waals surface area contributed by atoms with Crippen LogP contribution in [0.5, 0.6) is 0 Å². The molecule has 0 aliphatic carbocycles. The Bertz CT molecular complexity index is 476. The van der Waals surface area contributed by atoms with E-state index in [9.17, 15) is 14.0 Å². The predicted octanol–water partition coefficient (Wildman–Crippen LogP) is 1.28. The van der Waals surface area contributed by atoms with Gasteiger partial charge < -0.3 is 10.6 Å². The minimum absolute atomic E-state index is 0.103. The summed E-state index contributed by atoms with van der Waals surface area (Å²) in [5.41, 5.74) is 0.702. The normalized spacial score (nSPS) is 20.3. The molecule has 0 spiro atoms. The first-order valence-corrected chi connectivity index (χ1v) is 5.91. The van der Waals surface area contributed by atoms with Crippen molar-refractivity contribution in [2.75, 3.05) is 0 Å². The summed E-state index contributed by atoms with van der Waals surface area (Å²) >= 11 is 0. The number of rotatable bonds is 3. The molecule has 1 aromatic rings. The minimum atomic E-state index is -0.464. The third-order valence-electron chi connectivity index (χ3n) is 3.02. The molecule has 0 bridgehead atoms. The van der Waals surface area contributed by atoms with Crippen LogP contribution in [0.4, 0.5) is 4.39 Å². The summed E-state index contributed by atoms with van der Waals surface area (Å²) in [6.07, 6.45) is 0.896. The fraction of sp³-hybridized carbons (Fsp3) is 0.385. The Balaban J connectivity index is 1.97. The van der Waals surface area contributed by atoms with Gasteiger partial charge in [-0.25, -0.2) is 4.39 Å². The molecule has 1 aliphatic heterocycles. The summed E-state index contributed by atoms with van der Waals surface area (Å²) in [5.74, 6) is -0.658. The third-order valence-corrected chi connectivity index (χ3v) is 3.02. The van der Waals surface area contributed by atoms with Crippen molar-refractivity contribution in [1.82, 2.24) is 10.6 Å². The minimum Gasteiger partial charge on any atom is -0.348 e. The van der Waals surface area contributed by atoms with Crippen molar-refractivity contribution in [3.63, 3.8) is 0 Å². The first kappa shape index (κ1) is 12.5. The van der Waals surface area contributed by atoms with Crippen LogP contribution in [0.25, 0.3) is 0 Å². The Labute approximate surface area is 105 Å². The van der Waals surface area contributed by atoms with Gasteiger partial charge in [0.1, 0.15) is 11.9 Å². The molecule has 2 N–H and O–H groups in total. The number of nitrogens with one attached hydrogen (secondary N) is 2. The van der Waals surface area contributed by atoms with E-state index >= 15 is 0 Å². The summed E-state index contributed by atoms with van der Waals surface area (Å²) in [4.78, 5) is 22.9. The molecule has 18 heavy (non-hydrogen) atoms. The Hall–Kier alpha value is -1.91. The molecule has 0 saturated carbocycles. The van der Waals surface area contributed by atoms with Gasteiger partial charge >= 0.3 is 0 Å². The zero-order valence-electron chi connectivity index (χ0n) is 10.1. The van der Waals surface area contributed by atoms with Gasteiger partial charge in [-0.3, -0.25) is 9.59 Å². The first-order valence-electron chi connectivity index (χ1n) is 5.91. The summed E-state index contributed by atoms with van der Waals surface area (Å²) in [6.45, 7) is 1.78. The highest BCUT2D eigenvalue weighted by Gasteiger charge is 2.27. The van der Waals surface area contributed by atoms with E-state index in [0.717, 1.165) is 0 Å². The zero-order chi connectivity index (χ0) is 13.1. The van der Waals surface area contributed by atoms with Crippen LogP contribution in [0.1, 0.15) is 31.4 Å². The molecule has 1 heterocycles. The second-order valence-electron chi connectivity index (χ2n) is 4.44. The van der Waals surface area contributed by atoms with Crippen molar-refractivity contribution in [3.05, 3.63) is 35.6 Å². The molecule has 0 aromatic heterocycles. The van der Waals surface area contributed by atoms with Crippen LogP contribution in [0.15, 0.2) is 24.3 Å². The van der Waals surface area contributed by atoms with Gasteiger partial charge in [-0.05, 0) is 31.0 Å². The zero-order valence-corrected chi connectivity index (χ0v) is 10.1. The van der Waals surface area contributed by atoms with Gasteiger partial charge in [0.2, 0.25) is 11.8 Å². The lowest BCUT2D eigenvalue weighted by Gasteiger charge is -2.17. The highest BCUT2D eigenvalue weighted by Crippen LogP contribution is 2.15. The molecule has 0 radical (unpaired) electrons. The van der Waals surface area contributed by atoms with E-state index in [1.54, 1.807) is 19.1 Å². The molecular formula is C13H15FN2O2. The van der Waals surface area contributed by atoms with Crippen LogP contribution >= 0.6 is 0 Å². The molecule has 1 fully saturated rings. The van der Waals surface area contributed by atoms with E-state index in [1.165, 1.54) is 12.1 Å². The molecule has 1 saturated heterocycles. The Morgan fingerprint density at radius 1 is 1.56 bits per heavy atom. The largest absolute Gasteiger partial charge is 0.348 e. The number of benzene rings is 1. The number of carbonyl (C=O) groups is 2. The average Bonchev–Trinajstić information content (AvgIpc) is 2.76. The van der Waals surface area contributed by atoms with Crippen molar-refractivity contribution < 1.29 is 14.0 Å². The number of hydrogen-bond acceptors (Lipinski definition) is 2. The molecule has 2 rings (SSSR count). The Morgan fingerprint density at radius 3 is 2.94 bits per heavy atom. The third kappa shape index (κ3) is 2.85. The van der Waals surface area contributed by atoms with Gasteiger partial charge in [0.25, 0.3) is 0 Å². The van der Waals surface area contributed by atoms with E-state index in [0.29, 0.717) is 18.4 Å². The lowest BCUT2D eigenvalue weighted by Crippen LogP contribution is -2.42. The van der Waals surface area contributed by atoms with Gasteiger partial charge in [0.05, 0.1) is 6.04 Å². The van der Waals surface area contributed by atoms with E-state index in [1.807, 2.05) is 0 Å². The molecule has 4 nitrogen and oxygen atoms in total. The quantitative estimate of drug-likeness (QED) is 0.849. The van der Waals surface area contributed by atoms with Crippen molar-refractivity contribution in [2.24, 2.45) is 0 Å². The SMILES string of the molecule is CC(NC(=O)C1CCC(=O)N1)c1cccc(F)c1. The maximum atomic E-state index is 13.0. The molecule has 2 unspecified atom stereocenters. The fourth-order valence-corrected chi connectivity index (χ4v) is 1.98. The fourth-order valence-electron chi connectivity index (χ4n) is 1.98. The smallest absolute Gasteiger partial charge is 0.243 e. The molecule has 2 amide bonds. The average molecular weight is 250 g/mol. The number of carbonyl (C=O) groups excluding carboxylic acids is 2. The summed E-state index contributed by atoms with van der Waals surface area (Å²) < 4.78 is 13.0. The van der Waals surface area contributed by atoms with Crippen molar-refractivity contribution in [2.45, 2.75) is 31.8 Å². The molecule has 2 atom stereocenters. The van der Waals surface area contributed by atoms with Crippen LogP contribution in [0, 0.1) is 5.82 Å². The van der Waals surface area contributed by atoms with Crippen LogP contribution in [-0.2, 0) is 9.59 Å². The standard InChI is InChI=1S/C13H15FN2O2/c1-8(9-3-2-4-10(14)7-9)15-13(18)11-5-6-12(17)16-11/h2-4,7-8,11H,5-6H2,1H3,(H,15,18)(H,16,17). The molecule has 1 aromatic carbocycles. The van der Waals surface area contributed by atoms with Gasteiger partial charge in [-0.2, -0.15) is 0 Å². The number of amides is 2. The van der Waals surface area contributed by atoms with Gasteiger partial charge in [0, 0.05) is 6.42 Å². The summed E-state index contributed by atoms with van der Waals surface area (Å²) in [6, 6.07) is 5.35. The second-order valence-corrected chi connectivity index (χ2v) is 4.44. The number of hydrogen-bond donors (Lipinski definition) is 2. The van der Waals surface area contributed by atoms with Crippen molar-refractivity contribution in [3.8, 4) is 0 Å². The topological polar surface area (TPSA) is 58.2 Å². The molecular weight excluding hydrogens is 235 g/mol. The second kappa shape index (κ2) is 5.16. The van der Waals surface area contributed by atoms with E-state index in [2.05, 4.69) is 10.6 Å². The maximum absolute atomic E-state index is 13.0. The van der Waals surface area contributed by atoms with Gasteiger partial charge in [0.15, 0.2) is 0 Å². The van der Waals surface area contributed by atoms with Crippen LogP contribution < -0.4 is 10.6 Å². The maximum Gasteiger partial charge on any atom is 0.243 e. The Morgan fingerprint density at radius 2 is 2.33 bits per heavy atom. The van der Waals surface area contributed by atoms with Crippen LogP contribution in [0.3, 0.4) is 0 Å². The lowest BCUT2D eigenvalue weighted by molar-refractivity contribution is -0.126. The first-order chi connectivity index (χ1) is 8.56. The van der Waals surface area contributed by atoms with Crippen molar-refractivity contribution in [1.29, 1.82) is 0 Å². The summed E-state index contributed by atoms with van der Waals surface area (Å²) in [7, 11) is 0. The summed E-state index contributed by atoms with van der Waals surface area (Å²) in [5, 5.41) is 5.36. The highest BCUT2D eigenvalue weighted by molar-refractivity contribution is 5.90. The Kier molecular flexibility index (Phi) is 3.60. The van der Waals surface area contributed by atoms with Gasteiger partial charge in [-0.15, -0.1) is 0 Å².